The summed E-state index contributed by atoms with van der Waals surface area (Å²) in [6, 6.07) is 3.94. The fourth-order valence-electron chi connectivity index (χ4n) is 3.88. The minimum atomic E-state index is -0.278. The third kappa shape index (κ3) is 4.69. The smallest absolute Gasteiger partial charge is 0.106 e. The topological polar surface area (TPSA) is 39.1 Å². The van der Waals surface area contributed by atoms with Crippen molar-refractivity contribution < 1.29 is 0 Å². The molecule has 0 aromatic rings. The van der Waals surface area contributed by atoms with Gasteiger partial charge in [-0.3, -0.25) is 5.32 Å². The van der Waals surface area contributed by atoms with Crippen LogP contribution in [0.5, 0.6) is 0 Å². The van der Waals surface area contributed by atoms with Crippen LogP contribution in [-0.4, -0.2) is 36.1 Å². The van der Waals surface area contributed by atoms with E-state index in [0.717, 1.165) is 37.8 Å². The molecule has 0 amide bonds. The van der Waals surface area contributed by atoms with Gasteiger partial charge in [-0.2, -0.15) is 5.26 Å². The fraction of sp³-hybridized carbons (Fsp3) is 0.944. The van der Waals surface area contributed by atoms with Gasteiger partial charge in [0.05, 0.1) is 6.07 Å². The third-order valence-corrected chi connectivity index (χ3v) is 5.62. The van der Waals surface area contributed by atoms with Crippen molar-refractivity contribution in [1.82, 2.24) is 10.2 Å². The summed E-state index contributed by atoms with van der Waals surface area (Å²) in [7, 11) is 2.28. The van der Waals surface area contributed by atoms with Crippen molar-refractivity contribution in [3.8, 4) is 6.07 Å². The number of nitrogens with one attached hydrogen (secondary N) is 1. The number of hydrogen-bond acceptors (Lipinski definition) is 3. The molecule has 2 saturated carbocycles. The molecule has 0 radical (unpaired) electrons. The molecular weight excluding hydrogens is 258 g/mol. The van der Waals surface area contributed by atoms with Gasteiger partial charge in [-0.05, 0) is 64.5 Å². The van der Waals surface area contributed by atoms with Crippen molar-refractivity contribution >= 4 is 0 Å². The largest absolute Gasteiger partial charge is 0.303 e. The predicted octanol–water partition coefficient (Wildman–Crippen LogP) is 3.70. The van der Waals surface area contributed by atoms with E-state index in [9.17, 15) is 5.26 Å². The van der Waals surface area contributed by atoms with Crippen molar-refractivity contribution in [2.75, 3.05) is 13.6 Å². The van der Waals surface area contributed by atoms with Crippen molar-refractivity contribution in [2.24, 2.45) is 5.92 Å². The Hall–Kier alpha value is -0.590. The van der Waals surface area contributed by atoms with E-state index in [1.807, 2.05) is 0 Å². The van der Waals surface area contributed by atoms with Crippen LogP contribution in [0.4, 0.5) is 0 Å². The van der Waals surface area contributed by atoms with Crippen LogP contribution in [0.1, 0.15) is 71.6 Å². The average molecular weight is 291 g/mol. The number of nitrogens with zero attached hydrogens (tertiary/aromatic N) is 2. The lowest BCUT2D eigenvalue weighted by Gasteiger charge is -2.37. The Morgan fingerprint density at radius 2 is 1.95 bits per heavy atom. The summed E-state index contributed by atoms with van der Waals surface area (Å²) >= 11 is 0. The molecule has 120 valence electrons. The first-order chi connectivity index (χ1) is 10.1. The minimum Gasteiger partial charge on any atom is -0.303 e. The monoisotopic (exact) mass is 291 g/mol. The molecule has 2 aliphatic rings. The highest BCUT2D eigenvalue weighted by atomic mass is 15.1. The maximum absolute atomic E-state index is 9.58. The van der Waals surface area contributed by atoms with Gasteiger partial charge in [0.1, 0.15) is 5.54 Å². The van der Waals surface area contributed by atoms with Gasteiger partial charge in [0, 0.05) is 12.1 Å². The average Bonchev–Trinajstić information content (AvgIpc) is 3.30. The molecular formula is C18H33N3. The molecule has 0 aliphatic heterocycles. The van der Waals surface area contributed by atoms with Gasteiger partial charge < -0.3 is 4.90 Å². The lowest BCUT2D eigenvalue weighted by Crippen LogP contribution is -2.46. The van der Waals surface area contributed by atoms with Crippen molar-refractivity contribution in [3.63, 3.8) is 0 Å². The Kier molecular flexibility index (Phi) is 6.08. The van der Waals surface area contributed by atoms with Crippen LogP contribution in [-0.2, 0) is 0 Å². The van der Waals surface area contributed by atoms with Crippen LogP contribution in [0.25, 0.3) is 0 Å². The van der Waals surface area contributed by atoms with Crippen molar-refractivity contribution in [2.45, 2.75) is 89.3 Å². The van der Waals surface area contributed by atoms with Crippen LogP contribution >= 0.6 is 0 Å². The van der Waals surface area contributed by atoms with Gasteiger partial charge in [0.25, 0.3) is 0 Å². The quantitative estimate of drug-likeness (QED) is 0.741. The summed E-state index contributed by atoms with van der Waals surface area (Å²) in [5.41, 5.74) is -0.278. The van der Waals surface area contributed by atoms with Crippen LogP contribution in [0.2, 0.25) is 0 Å². The van der Waals surface area contributed by atoms with E-state index in [4.69, 9.17) is 0 Å². The molecule has 1 N–H and O–H groups in total. The molecule has 0 heterocycles. The fourth-order valence-corrected chi connectivity index (χ4v) is 3.88. The van der Waals surface area contributed by atoms with E-state index in [2.05, 4.69) is 37.2 Å². The first-order valence-electron chi connectivity index (χ1n) is 8.99. The Balaban J connectivity index is 1.77. The molecule has 2 rings (SSSR count). The van der Waals surface area contributed by atoms with Gasteiger partial charge >= 0.3 is 0 Å². The number of hydrogen-bond donors (Lipinski definition) is 1. The lowest BCUT2D eigenvalue weighted by atomic mass is 9.85. The molecule has 3 nitrogen and oxygen atoms in total. The normalized spacial score (nSPS) is 29.1. The van der Waals surface area contributed by atoms with Gasteiger partial charge in [0.15, 0.2) is 0 Å². The van der Waals surface area contributed by atoms with Crippen LogP contribution < -0.4 is 5.32 Å². The predicted molar refractivity (Wildman–Crippen MR) is 88.1 cm³/mol. The Morgan fingerprint density at radius 3 is 2.52 bits per heavy atom. The summed E-state index contributed by atoms with van der Waals surface area (Å²) < 4.78 is 0. The Morgan fingerprint density at radius 1 is 1.24 bits per heavy atom. The summed E-state index contributed by atoms with van der Waals surface area (Å²) in [4.78, 5) is 2.55. The summed E-state index contributed by atoms with van der Waals surface area (Å²) in [5.74, 6) is 0.834. The maximum atomic E-state index is 9.58. The summed E-state index contributed by atoms with van der Waals surface area (Å²) in [6.45, 7) is 5.68. The molecule has 3 atom stereocenters. The highest BCUT2D eigenvalue weighted by Gasteiger charge is 2.34. The van der Waals surface area contributed by atoms with E-state index in [-0.39, 0.29) is 5.54 Å². The molecule has 3 heteroatoms. The van der Waals surface area contributed by atoms with Crippen LogP contribution in [0.15, 0.2) is 0 Å². The van der Waals surface area contributed by atoms with Gasteiger partial charge in [-0.15, -0.1) is 0 Å². The standard InChI is InChI=1S/C18H33N3/c1-4-18(14-19,20-16-10-11-16)12-7-13-21(3)17-9-6-5-8-15(17)2/h15-17,20H,4-13H2,1-3H3. The molecule has 0 bridgehead atoms. The molecule has 2 fully saturated rings. The van der Waals surface area contributed by atoms with Crippen molar-refractivity contribution in [3.05, 3.63) is 0 Å². The van der Waals surface area contributed by atoms with E-state index in [0.29, 0.717) is 6.04 Å². The van der Waals surface area contributed by atoms with E-state index < -0.39 is 0 Å². The second-order valence-electron chi connectivity index (χ2n) is 7.38. The molecule has 2 aliphatic carbocycles. The number of nitriles is 1. The van der Waals surface area contributed by atoms with E-state index in [1.54, 1.807) is 0 Å². The Labute approximate surface area is 131 Å². The van der Waals surface area contributed by atoms with Crippen molar-refractivity contribution in [1.29, 1.82) is 5.26 Å². The van der Waals surface area contributed by atoms with Crippen LogP contribution in [0, 0.1) is 17.2 Å². The lowest BCUT2D eigenvalue weighted by molar-refractivity contribution is 0.135. The summed E-state index contributed by atoms with van der Waals surface area (Å²) in [6.07, 6.45) is 11.1. The van der Waals surface area contributed by atoms with E-state index in [1.165, 1.54) is 38.5 Å². The highest BCUT2D eigenvalue weighted by Crippen LogP contribution is 2.29. The first kappa shape index (κ1) is 16.8. The zero-order chi connectivity index (χ0) is 15.3. The molecule has 3 unspecified atom stereocenters. The molecule has 0 aromatic heterocycles. The SMILES string of the molecule is CCC(C#N)(CCCN(C)C1CCCCC1C)NC1CC1. The van der Waals surface area contributed by atoms with E-state index >= 15 is 0 Å². The minimum absolute atomic E-state index is 0.278. The van der Waals surface area contributed by atoms with Gasteiger partial charge in [-0.25, -0.2) is 0 Å². The molecule has 0 saturated heterocycles. The zero-order valence-electron chi connectivity index (χ0n) is 14.2. The number of rotatable bonds is 8. The van der Waals surface area contributed by atoms with Gasteiger partial charge in [-0.1, -0.05) is 26.7 Å². The van der Waals surface area contributed by atoms with Crippen LogP contribution in [0.3, 0.4) is 0 Å². The highest BCUT2D eigenvalue weighted by molar-refractivity contribution is 5.09. The third-order valence-electron chi connectivity index (χ3n) is 5.62. The zero-order valence-corrected chi connectivity index (χ0v) is 14.2. The molecule has 0 spiro atoms. The Bertz CT molecular complexity index is 358. The maximum Gasteiger partial charge on any atom is 0.106 e. The molecule has 0 aromatic carbocycles. The molecule has 21 heavy (non-hydrogen) atoms. The second-order valence-corrected chi connectivity index (χ2v) is 7.38. The van der Waals surface area contributed by atoms with Gasteiger partial charge in [0.2, 0.25) is 0 Å². The summed E-state index contributed by atoms with van der Waals surface area (Å²) in [5, 5.41) is 13.2. The first-order valence-corrected chi connectivity index (χ1v) is 8.99. The second kappa shape index (κ2) is 7.61.